The fourth-order valence-corrected chi connectivity index (χ4v) is 2.02. The third kappa shape index (κ3) is 4.49. The fraction of sp³-hybridized carbons (Fsp3) is 0.917. The zero-order valence-corrected chi connectivity index (χ0v) is 10.6. The maximum atomic E-state index is 11.1. The molecule has 1 rings (SSSR count). The van der Waals surface area contributed by atoms with E-state index in [2.05, 4.69) is 23.6 Å². The van der Waals surface area contributed by atoms with Crippen molar-refractivity contribution in [2.45, 2.75) is 32.2 Å². The Bertz CT molecular complexity index is 214. The van der Waals surface area contributed by atoms with E-state index in [1.807, 2.05) is 0 Å². The highest BCUT2D eigenvalue weighted by atomic mass is 16.5. The highest BCUT2D eigenvalue weighted by Crippen LogP contribution is 2.16. The van der Waals surface area contributed by atoms with E-state index in [0.717, 1.165) is 26.2 Å². The molecule has 4 nitrogen and oxygen atoms in total. The van der Waals surface area contributed by atoms with Crippen molar-refractivity contribution in [2.75, 3.05) is 33.9 Å². The molecule has 0 saturated carbocycles. The van der Waals surface area contributed by atoms with Gasteiger partial charge in [-0.25, -0.2) is 0 Å². The highest BCUT2D eigenvalue weighted by Gasteiger charge is 2.20. The summed E-state index contributed by atoms with van der Waals surface area (Å²) in [6.45, 7) is 4.81. The van der Waals surface area contributed by atoms with Gasteiger partial charge in [-0.05, 0) is 32.7 Å². The zero-order valence-electron chi connectivity index (χ0n) is 10.6. The summed E-state index contributed by atoms with van der Waals surface area (Å²) in [7, 11) is 3.49. The quantitative estimate of drug-likeness (QED) is 0.666. The smallest absolute Gasteiger partial charge is 0.307 e. The number of methoxy groups -OCH3 is 1. The van der Waals surface area contributed by atoms with Crippen LogP contribution in [0.3, 0.4) is 0 Å². The maximum Gasteiger partial charge on any atom is 0.307 e. The van der Waals surface area contributed by atoms with Crippen LogP contribution in [0.4, 0.5) is 0 Å². The molecule has 4 heteroatoms. The summed E-state index contributed by atoms with van der Waals surface area (Å²) in [4.78, 5) is 13.4. The van der Waals surface area contributed by atoms with Crippen LogP contribution in [0, 0.1) is 5.92 Å². The monoisotopic (exact) mass is 229 g/mol. The van der Waals surface area contributed by atoms with Gasteiger partial charge in [-0.2, -0.15) is 0 Å². The van der Waals surface area contributed by atoms with Crippen LogP contribution >= 0.6 is 0 Å². The molecule has 1 heterocycles. The van der Waals surface area contributed by atoms with Gasteiger partial charge >= 0.3 is 5.97 Å². The lowest BCUT2D eigenvalue weighted by molar-refractivity contribution is -0.141. The van der Waals surface area contributed by atoms with Gasteiger partial charge in [0.25, 0.3) is 0 Å². The number of hydrogen-bond acceptors (Lipinski definition) is 4. The molecule has 0 bridgehead atoms. The summed E-state index contributed by atoms with van der Waals surface area (Å²) in [5, 5.41) is 0. The highest BCUT2D eigenvalue weighted by molar-refractivity contribution is 5.69. The summed E-state index contributed by atoms with van der Waals surface area (Å²) in [6.07, 6.45) is 2.85. The lowest BCUT2D eigenvalue weighted by Crippen LogP contribution is -2.37. The topological polar surface area (TPSA) is 38.8 Å². The van der Waals surface area contributed by atoms with Gasteiger partial charge in [0.2, 0.25) is 0 Å². The second kappa shape index (κ2) is 6.86. The van der Waals surface area contributed by atoms with Crippen molar-refractivity contribution in [2.24, 2.45) is 5.92 Å². The summed E-state index contributed by atoms with van der Waals surface area (Å²) < 4.78 is 10.1. The minimum absolute atomic E-state index is 0.140. The number of ether oxygens (including phenoxy) is 2. The number of hydrogen-bond donors (Lipinski definition) is 0. The fourth-order valence-electron chi connectivity index (χ4n) is 2.02. The van der Waals surface area contributed by atoms with E-state index in [1.54, 1.807) is 0 Å². The Hall–Kier alpha value is -0.610. The molecule has 1 saturated heterocycles. The number of rotatable bonds is 5. The van der Waals surface area contributed by atoms with Gasteiger partial charge in [-0.15, -0.1) is 0 Å². The first-order chi connectivity index (χ1) is 7.63. The Morgan fingerprint density at radius 1 is 1.62 bits per heavy atom. The van der Waals surface area contributed by atoms with Crippen molar-refractivity contribution < 1.29 is 14.3 Å². The molecular weight excluding hydrogens is 206 g/mol. The average Bonchev–Trinajstić information content (AvgIpc) is 2.30. The molecule has 0 aromatic carbocycles. The molecule has 1 aliphatic heterocycles. The summed E-state index contributed by atoms with van der Waals surface area (Å²) in [6, 6.07) is 0.231. The van der Waals surface area contributed by atoms with Gasteiger partial charge in [0.1, 0.15) is 0 Å². The van der Waals surface area contributed by atoms with Crippen LogP contribution < -0.4 is 0 Å². The largest absolute Gasteiger partial charge is 0.469 e. The third-order valence-corrected chi connectivity index (χ3v) is 3.24. The van der Waals surface area contributed by atoms with Crippen LogP contribution in [0.1, 0.15) is 26.2 Å². The van der Waals surface area contributed by atoms with Gasteiger partial charge in [-0.1, -0.05) is 0 Å². The molecule has 0 aliphatic carbocycles. The predicted octanol–water partition coefficient (Wildman–Crippen LogP) is 1.30. The molecular formula is C12H23NO3. The minimum atomic E-state index is -0.140. The van der Waals surface area contributed by atoms with Crippen molar-refractivity contribution in [3.63, 3.8) is 0 Å². The Morgan fingerprint density at radius 3 is 2.94 bits per heavy atom. The molecule has 0 aromatic heterocycles. The minimum Gasteiger partial charge on any atom is -0.469 e. The van der Waals surface area contributed by atoms with E-state index < -0.39 is 0 Å². The first kappa shape index (κ1) is 13.5. The summed E-state index contributed by atoms with van der Waals surface area (Å²) >= 11 is 0. The lowest BCUT2D eigenvalue weighted by Gasteiger charge is -2.30. The molecule has 2 unspecified atom stereocenters. The molecule has 0 N–H and O–H groups in total. The second-order valence-electron chi connectivity index (χ2n) is 4.65. The van der Waals surface area contributed by atoms with Gasteiger partial charge in [0.05, 0.1) is 20.1 Å². The van der Waals surface area contributed by atoms with Crippen LogP contribution in [0.25, 0.3) is 0 Å². The lowest BCUT2D eigenvalue weighted by atomic mass is 10.0. The van der Waals surface area contributed by atoms with Crippen molar-refractivity contribution in [1.82, 2.24) is 4.90 Å². The number of carbonyl (C=O) groups is 1. The molecule has 0 aromatic rings. The van der Waals surface area contributed by atoms with Crippen molar-refractivity contribution >= 4 is 5.97 Å². The number of esters is 1. The Labute approximate surface area is 97.9 Å². The molecule has 0 amide bonds. The molecule has 94 valence electrons. The van der Waals surface area contributed by atoms with Crippen molar-refractivity contribution in [1.29, 1.82) is 0 Å². The van der Waals surface area contributed by atoms with E-state index in [9.17, 15) is 4.79 Å². The molecule has 1 aliphatic rings. The van der Waals surface area contributed by atoms with Crippen LogP contribution in [0.2, 0.25) is 0 Å². The van der Waals surface area contributed by atoms with Gasteiger partial charge in [0, 0.05) is 19.2 Å². The average molecular weight is 229 g/mol. The second-order valence-corrected chi connectivity index (χ2v) is 4.65. The Balaban J connectivity index is 2.26. The summed E-state index contributed by atoms with van der Waals surface area (Å²) in [5.74, 6) is 0.470. The normalized spacial score (nSPS) is 23.1. The maximum absolute atomic E-state index is 11.1. The van der Waals surface area contributed by atoms with Crippen LogP contribution in [0.5, 0.6) is 0 Å². The molecule has 1 fully saturated rings. The zero-order chi connectivity index (χ0) is 12.0. The number of carbonyl (C=O) groups excluding carboxylic acids is 1. The third-order valence-electron chi connectivity index (χ3n) is 3.24. The van der Waals surface area contributed by atoms with E-state index in [4.69, 9.17) is 4.74 Å². The van der Waals surface area contributed by atoms with E-state index in [0.29, 0.717) is 12.3 Å². The Morgan fingerprint density at radius 2 is 2.38 bits per heavy atom. The van der Waals surface area contributed by atoms with E-state index in [-0.39, 0.29) is 12.0 Å². The van der Waals surface area contributed by atoms with Gasteiger partial charge in [0.15, 0.2) is 0 Å². The molecule has 0 spiro atoms. The summed E-state index contributed by atoms with van der Waals surface area (Å²) in [5.41, 5.74) is 0. The van der Waals surface area contributed by atoms with Crippen LogP contribution in [0.15, 0.2) is 0 Å². The van der Waals surface area contributed by atoms with Crippen molar-refractivity contribution in [3.05, 3.63) is 0 Å². The molecule has 0 radical (unpaired) electrons. The van der Waals surface area contributed by atoms with Crippen molar-refractivity contribution in [3.8, 4) is 0 Å². The number of nitrogens with zero attached hydrogens (tertiary/aromatic N) is 1. The van der Waals surface area contributed by atoms with Gasteiger partial charge in [-0.3, -0.25) is 4.79 Å². The molecule has 2 atom stereocenters. The Kier molecular flexibility index (Phi) is 5.77. The SMILES string of the molecule is COC(=O)CC(C)N(C)CC1CCCOC1. The molecule has 16 heavy (non-hydrogen) atoms. The van der Waals surface area contributed by atoms with E-state index in [1.165, 1.54) is 13.5 Å². The van der Waals surface area contributed by atoms with Crippen LogP contribution in [-0.2, 0) is 14.3 Å². The predicted molar refractivity (Wildman–Crippen MR) is 62.3 cm³/mol. The van der Waals surface area contributed by atoms with Crippen LogP contribution in [-0.4, -0.2) is 50.8 Å². The first-order valence-corrected chi connectivity index (χ1v) is 5.98. The first-order valence-electron chi connectivity index (χ1n) is 5.98. The standard InChI is InChI=1S/C12H23NO3/c1-10(7-12(14)15-3)13(2)8-11-5-4-6-16-9-11/h10-11H,4-9H2,1-3H3. The van der Waals surface area contributed by atoms with E-state index >= 15 is 0 Å². The van der Waals surface area contributed by atoms with Gasteiger partial charge < -0.3 is 14.4 Å².